The third-order valence-corrected chi connectivity index (χ3v) is 1.65. The van der Waals surface area contributed by atoms with Crippen molar-refractivity contribution >= 4 is 5.78 Å². The molecule has 0 unspecified atom stereocenters. The molecule has 16 heavy (non-hydrogen) atoms. The van der Waals surface area contributed by atoms with Gasteiger partial charge in [0.1, 0.15) is 11.8 Å². The van der Waals surface area contributed by atoms with Gasteiger partial charge in [0.05, 0.1) is 0 Å². The number of carbonyl (C=O) groups is 1. The average Bonchev–Trinajstić information content (AvgIpc) is 2.18. The number of nitriles is 1. The van der Waals surface area contributed by atoms with Crippen LogP contribution in [0, 0.1) is 11.3 Å². The maximum Gasteiger partial charge on any atom is 0.573 e. The molecular weight excluding hydrogens is 223 g/mol. The summed E-state index contributed by atoms with van der Waals surface area (Å²) < 4.78 is 39.0. The number of carbonyl (C=O) groups excluding carboxylic acids is 1. The molecule has 0 N–H and O–H groups in total. The number of hydrogen-bond donors (Lipinski definition) is 0. The molecule has 0 aliphatic heterocycles. The van der Waals surface area contributed by atoms with Gasteiger partial charge in [0, 0.05) is 6.42 Å². The van der Waals surface area contributed by atoms with Crippen LogP contribution in [0.15, 0.2) is 24.3 Å². The molecule has 6 heteroatoms. The first-order valence-electron chi connectivity index (χ1n) is 4.18. The predicted octanol–water partition coefficient (Wildman–Crippen LogP) is 2.22. The van der Waals surface area contributed by atoms with E-state index in [0.717, 1.165) is 12.1 Å². The summed E-state index contributed by atoms with van der Waals surface area (Å²) in [5.74, 6) is -1.01. The van der Waals surface area contributed by atoms with Crippen molar-refractivity contribution in [3.8, 4) is 11.8 Å². The Morgan fingerprint density at radius 2 is 1.88 bits per heavy atom. The average molecular weight is 229 g/mol. The zero-order valence-corrected chi connectivity index (χ0v) is 7.91. The number of halogens is 3. The van der Waals surface area contributed by atoms with Crippen LogP contribution in [-0.4, -0.2) is 12.1 Å². The molecule has 0 aliphatic carbocycles. The van der Waals surface area contributed by atoms with Crippen LogP contribution in [0.1, 0.15) is 5.56 Å². The van der Waals surface area contributed by atoms with Crippen molar-refractivity contribution in [1.82, 2.24) is 0 Å². The minimum atomic E-state index is -4.73. The van der Waals surface area contributed by atoms with Crippen LogP contribution >= 0.6 is 0 Å². The normalized spacial score (nSPS) is 10.6. The van der Waals surface area contributed by atoms with E-state index in [1.54, 1.807) is 0 Å². The van der Waals surface area contributed by atoms with Crippen molar-refractivity contribution in [2.24, 2.45) is 0 Å². The van der Waals surface area contributed by atoms with E-state index < -0.39 is 12.1 Å². The lowest BCUT2D eigenvalue weighted by Gasteiger charge is -2.08. The first-order valence-corrected chi connectivity index (χ1v) is 4.18. The van der Waals surface area contributed by atoms with E-state index in [9.17, 15) is 18.0 Å². The molecule has 0 atom stereocenters. The molecule has 0 saturated carbocycles. The Kier molecular flexibility index (Phi) is 3.51. The highest BCUT2D eigenvalue weighted by molar-refractivity contribution is 5.94. The molecule has 0 aromatic heterocycles. The Balaban J connectivity index is 2.69. The highest BCUT2D eigenvalue weighted by Gasteiger charge is 2.30. The van der Waals surface area contributed by atoms with E-state index in [4.69, 9.17) is 5.26 Å². The third kappa shape index (κ3) is 4.00. The second-order valence-electron chi connectivity index (χ2n) is 2.90. The zero-order valence-electron chi connectivity index (χ0n) is 7.91. The van der Waals surface area contributed by atoms with Crippen LogP contribution in [0.2, 0.25) is 0 Å². The van der Waals surface area contributed by atoms with E-state index in [0.29, 0.717) is 5.56 Å². The van der Waals surface area contributed by atoms with Crippen LogP contribution in [0.4, 0.5) is 13.2 Å². The van der Waals surface area contributed by atoms with Gasteiger partial charge >= 0.3 is 6.36 Å². The number of ether oxygens (including phenoxy) is 1. The standard InChI is InChI=1S/C10H6F3NO2/c11-10(12,13)16-9-3-1-7(2-4-9)5-8(15)6-14/h1-4H,5H2. The summed E-state index contributed by atoms with van der Waals surface area (Å²) in [6.07, 6.45) is -4.85. The van der Waals surface area contributed by atoms with Crippen molar-refractivity contribution in [2.45, 2.75) is 12.8 Å². The van der Waals surface area contributed by atoms with Crippen LogP contribution in [-0.2, 0) is 11.2 Å². The van der Waals surface area contributed by atoms with Crippen LogP contribution < -0.4 is 4.74 Å². The van der Waals surface area contributed by atoms with Gasteiger partial charge in [-0.3, -0.25) is 4.79 Å². The Hall–Kier alpha value is -2.03. The zero-order chi connectivity index (χ0) is 12.2. The molecule has 0 spiro atoms. The molecule has 1 rings (SSSR count). The number of benzene rings is 1. The molecule has 3 nitrogen and oxygen atoms in total. The summed E-state index contributed by atoms with van der Waals surface area (Å²) in [7, 11) is 0. The van der Waals surface area contributed by atoms with E-state index in [-0.39, 0.29) is 12.2 Å². The topological polar surface area (TPSA) is 50.1 Å². The molecule has 0 heterocycles. The van der Waals surface area contributed by atoms with Crippen molar-refractivity contribution < 1.29 is 22.7 Å². The van der Waals surface area contributed by atoms with E-state index in [2.05, 4.69) is 4.74 Å². The SMILES string of the molecule is N#CC(=O)Cc1ccc(OC(F)(F)F)cc1. The predicted molar refractivity (Wildman–Crippen MR) is 47.4 cm³/mol. The lowest BCUT2D eigenvalue weighted by atomic mass is 10.1. The van der Waals surface area contributed by atoms with Crippen LogP contribution in [0.3, 0.4) is 0 Å². The quantitative estimate of drug-likeness (QED) is 0.746. The fraction of sp³-hybridized carbons (Fsp3) is 0.200. The molecule has 0 amide bonds. The molecule has 0 fully saturated rings. The molecule has 0 bridgehead atoms. The summed E-state index contributed by atoms with van der Waals surface area (Å²) in [5.41, 5.74) is 0.459. The molecular formula is C10H6F3NO2. The molecule has 0 saturated heterocycles. The van der Waals surface area contributed by atoms with E-state index >= 15 is 0 Å². The number of alkyl halides is 3. The second-order valence-corrected chi connectivity index (χ2v) is 2.90. The van der Waals surface area contributed by atoms with Crippen molar-refractivity contribution in [1.29, 1.82) is 5.26 Å². The van der Waals surface area contributed by atoms with Gasteiger partial charge in [-0.1, -0.05) is 12.1 Å². The molecule has 1 aromatic rings. The first kappa shape index (κ1) is 12.0. The van der Waals surface area contributed by atoms with Crippen LogP contribution in [0.5, 0.6) is 5.75 Å². The van der Waals surface area contributed by atoms with Gasteiger partial charge in [0.15, 0.2) is 0 Å². The van der Waals surface area contributed by atoms with Gasteiger partial charge in [0.25, 0.3) is 0 Å². The van der Waals surface area contributed by atoms with E-state index in [1.165, 1.54) is 18.2 Å². The number of ketones is 1. The van der Waals surface area contributed by atoms with E-state index in [1.807, 2.05) is 0 Å². The molecule has 0 radical (unpaired) electrons. The number of nitrogens with zero attached hydrogens (tertiary/aromatic N) is 1. The number of Topliss-reactive ketones (excluding diaryl/α,β-unsaturated/α-hetero) is 1. The van der Waals surface area contributed by atoms with Gasteiger partial charge in [-0.05, 0) is 17.7 Å². The molecule has 0 aliphatic rings. The number of rotatable bonds is 3. The molecule has 84 valence electrons. The highest BCUT2D eigenvalue weighted by Crippen LogP contribution is 2.22. The monoisotopic (exact) mass is 229 g/mol. The van der Waals surface area contributed by atoms with Gasteiger partial charge in [-0.25, -0.2) is 0 Å². The molecule has 1 aromatic carbocycles. The van der Waals surface area contributed by atoms with Gasteiger partial charge in [0.2, 0.25) is 5.78 Å². The van der Waals surface area contributed by atoms with Crippen molar-refractivity contribution in [3.05, 3.63) is 29.8 Å². The van der Waals surface area contributed by atoms with Gasteiger partial charge < -0.3 is 4.74 Å². The smallest absolute Gasteiger partial charge is 0.406 e. The van der Waals surface area contributed by atoms with Crippen molar-refractivity contribution in [2.75, 3.05) is 0 Å². The fourth-order valence-electron chi connectivity index (χ4n) is 1.03. The van der Waals surface area contributed by atoms with Crippen LogP contribution in [0.25, 0.3) is 0 Å². The Morgan fingerprint density at radius 1 is 1.31 bits per heavy atom. The van der Waals surface area contributed by atoms with Crippen molar-refractivity contribution in [3.63, 3.8) is 0 Å². The summed E-state index contributed by atoms with van der Waals surface area (Å²) in [6, 6.07) is 6.20. The minimum Gasteiger partial charge on any atom is -0.406 e. The third-order valence-electron chi connectivity index (χ3n) is 1.65. The number of hydrogen-bond acceptors (Lipinski definition) is 3. The summed E-state index contributed by atoms with van der Waals surface area (Å²) in [4.78, 5) is 10.7. The maximum atomic E-state index is 11.8. The fourth-order valence-corrected chi connectivity index (χ4v) is 1.03. The summed E-state index contributed by atoms with van der Waals surface area (Å²) >= 11 is 0. The summed E-state index contributed by atoms with van der Waals surface area (Å²) in [5, 5.41) is 8.23. The first-order chi connectivity index (χ1) is 7.40. The highest BCUT2D eigenvalue weighted by atomic mass is 19.4. The Labute approximate surface area is 89.1 Å². The second kappa shape index (κ2) is 4.66. The Bertz CT molecular complexity index is 417. The lowest BCUT2D eigenvalue weighted by molar-refractivity contribution is -0.274. The minimum absolute atomic E-state index is 0.122. The summed E-state index contributed by atoms with van der Waals surface area (Å²) in [6.45, 7) is 0. The van der Waals surface area contributed by atoms with Gasteiger partial charge in [-0.15, -0.1) is 13.2 Å². The Morgan fingerprint density at radius 3 is 2.31 bits per heavy atom. The maximum absolute atomic E-state index is 11.8. The lowest BCUT2D eigenvalue weighted by Crippen LogP contribution is -2.17. The largest absolute Gasteiger partial charge is 0.573 e. The van der Waals surface area contributed by atoms with Gasteiger partial charge in [-0.2, -0.15) is 5.26 Å².